The molecule has 470 valence electrons. The Labute approximate surface area is 495 Å². The van der Waals surface area contributed by atoms with Crippen LogP contribution in [0.5, 0.6) is 0 Å². The highest BCUT2D eigenvalue weighted by molar-refractivity contribution is 5.76. The molecule has 0 saturated heterocycles. The summed E-state index contributed by atoms with van der Waals surface area (Å²) < 4.78 is 5.48. The molecular formula is C73H143NO5. The zero-order valence-corrected chi connectivity index (χ0v) is 53.9. The molecule has 0 aromatic rings. The van der Waals surface area contributed by atoms with Crippen molar-refractivity contribution in [2.45, 2.75) is 431 Å². The zero-order chi connectivity index (χ0) is 57.1. The quantitative estimate of drug-likeness (QED) is 0.0320. The second kappa shape index (κ2) is 69.1. The molecule has 2 atom stereocenters. The minimum Gasteiger partial charge on any atom is -0.466 e. The van der Waals surface area contributed by atoms with Gasteiger partial charge in [0.15, 0.2) is 0 Å². The predicted octanol–water partition coefficient (Wildman–Crippen LogP) is 23.5. The molecule has 6 nitrogen and oxygen atoms in total. The number of hydrogen-bond acceptors (Lipinski definition) is 5. The molecule has 0 aliphatic heterocycles. The van der Waals surface area contributed by atoms with E-state index in [0.29, 0.717) is 25.9 Å². The van der Waals surface area contributed by atoms with E-state index in [1.807, 2.05) is 0 Å². The Hall–Kier alpha value is -1.40. The van der Waals surface area contributed by atoms with Gasteiger partial charge in [-0.1, -0.05) is 366 Å². The molecule has 0 aromatic carbocycles. The number of nitrogens with one attached hydrogen (secondary N) is 1. The summed E-state index contributed by atoms with van der Waals surface area (Å²) in [5.41, 5.74) is 0. The van der Waals surface area contributed by atoms with E-state index >= 15 is 0 Å². The largest absolute Gasteiger partial charge is 0.466 e. The van der Waals surface area contributed by atoms with Crippen LogP contribution in [0, 0.1) is 0 Å². The number of ether oxygens (including phenoxy) is 1. The molecule has 1 amide bonds. The fourth-order valence-electron chi connectivity index (χ4n) is 11.8. The summed E-state index contributed by atoms with van der Waals surface area (Å²) >= 11 is 0. The van der Waals surface area contributed by atoms with E-state index in [1.165, 1.54) is 340 Å². The van der Waals surface area contributed by atoms with Crippen molar-refractivity contribution in [3.05, 3.63) is 12.2 Å². The van der Waals surface area contributed by atoms with E-state index in [2.05, 4.69) is 31.3 Å². The first-order valence-electron chi connectivity index (χ1n) is 36.4. The maximum atomic E-state index is 12.5. The highest BCUT2D eigenvalue weighted by Crippen LogP contribution is 2.20. The van der Waals surface area contributed by atoms with Crippen LogP contribution in [0.1, 0.15) is 418 Å². The number of unbranched alkanes of at least 4 members (excludes halogenated alkanes) is 56. The highest BCUT2D eigenvalue weighted by Gasteiger charge is 2.20. The first-order chi connectivity index (χ1) is 39.0. The lowest BCUT2D eigenvalue weighted by molar-refractivity contribution is -0.143. The van der Waals surface area contributed by atoms with Crippen LogP contribution in [0.15, 0.2) is 12.2 Å². The lowest BCUT2D eigenvalue weighted by atomic mass is 10.0. The van der Waals surface area contributed by atoms with Gasteiger partial charge in [-0.3, -0.25) is 9.59 Å². The monoisotopic (exact) mass is 1110 g/mol. The van der Waals surface area contributed by atoms with Crippen LogP contribution in [0.2, 0.25) is 0 Å². The first-order valence-corrected chi connectivity index (χ1v) is 36.4. The van der Waals surface area contributed by atoms with Crippen LogP contribution in [0.4, 0.5) is 0 Å². The normalized spacial score (nSPS) is 12.5. The summed E-state index contributed by atoms with van der Waals surface area (Å²) in [6, 6.07) is -0.537. The van der Waals surface area contributed by atoms with Crippen LogP contribution < -0.4 is 5.32 Å². The van der Waals surface area contributed by atoms with Crippen LogP contribution in [0.3, 0.4) is 0 Å². The molecule has 2 unspecified atom stereocenters. The van der Waals surface area contributed by atoms with Gasteiger partial charge in [-0.05, 0) is 51.4 Å². The summed E-state index contributed by atoms with van der Waals surface area (Å²) in [6.07, 6.45) is 85.6. The van der Waals surface area contributed by atoms with Crippen molar-refractivity contribution in [3.8, 4) is 0 Å². The molecular weight excluding hydrogens is 971 g/mol. The van der Waals surface area contributed by atoms with Gasteiger partial charge >= 0.3 is 5.97 Å². The van der Waals surface area contributed by atoms with Gasteiger partial charge in [0, 0.05) is 12.8 Å². The van der Waals surface area contributed by atoms with Gasteiger partial charge < -0.3 is 20.3 Å². The minimum absolute atomic E-state index is 0.0128. The summed E-state index contributed by atoms with van der Waals surface area (Å²) in [5.74, 6) is -0.0134. The molecule has 0 heterocycles. The topological polar surface area (TPSA) is 95.9 Å². The van der Waals surface area contributed by atoms with Crippen molar-refractivity contribution in [1.82, 2.24) is 5.32 Å². The summed E-state index contributed by atoms with van der Waals surface area (Å²) in [5, 5.41) is 23.4. The van der Waals surface area contributed by atoms with E-state index in [9.17, 15) is 19.8 Å². The Morgan fingerprint density at radius 2 is 0.595 bits per heavy atom. The number of carbonyl (C=O) groups is 2. The molecule has 79 heavy (non-hydrogen) atoms. The van der Waals surface area contributed by atoms with Crippen LogP contribution in [-0.4, -0.2) is 47.4 Å². The average Bonchev–Trinajstić information content (AvgIpc) is 3.45. The van der Waals surface area contributed by atoms with Crippen molar-refractivity contribution >= 4 is 11.9 Å². The van der Waals surface area contributed by atoms with Crippen molar-refractivity contribution < 1.29 is 24.5 Å². The molecule has 0 radical (unpaired) electrons. The third-order valence-electron chi connectivity index (χ3n) is 17.3. The highest BCUT2D eigenvalue weighted by atomic mass is 16.5. The Morgan fingerprint density at radius 1 is 0.342 bits per heavy atom. The standard InChI is InChI=1S/C73H143NO5/c1-3-5-7-9-11-13-15-17-18-35-38-42-45-49-53-57-61-65-71(76)70(69-75)74-72(77)66-62-58-54-50-46-43-39-36-33-31-29-27-25-23-21-19-20-22-24-26-28-30-32-34-37-40-44-48-52-56-60-64-68-79-73(78)67-63-59-55-51-47-41-16-14-12-10-8-6-4-2/h14,16,70-71,75-76H,3-13,15,17-69H2,1-2H3,(H,74,77)/b16-14-. The molecule has 0 rings (SSSR count). The number of allylic oxidation sites excluding steroid dienone is 2. The molecule has 0 spiro atoms. The number of hydrogen-bond donors (Lipinski definition) is 3. The van der Waals surface area contributed by atoms with Gasteiger partial charge in [0.25, 0.3) is 0 Å². The molecule has 0 aliphatic rings. The van der Waals surface area contributed by atoms with Gasteiger partial charge in [-0.15, -0.1) is 0 Å². The Morgan fingerprint density at radius 3 is 0.911 bits per heavy atom. The summed E-state index contributed by atoms with van der Waals surface area (Å²) in [6.45, 7) is 4.98. The number of amides is 1. The minimum atomic E-state index is -0.661. The maximum absolute atomic E-state index is 12.5. The van der Waals surface area contributed by atoms with Gasteiger partial charge in [0.1, 0.15) is 0 Å². The summed E-state index contributed by atoms with van der Waals surface area (Å²) in [4.78, 5) is 24.6. The number of rotatable bonds is 69. The lowest BCUT2D eigenvalue weighted by Crippen LogP contribution is -2.45. The predicted molar refractivity (Wildman–Crippen MR) is 347 cm³/mol. The zero-order valence-electron chi connectivity index (χ0n) is 53.9. The summed E-state index contributed by atoms with van der Waals surface area (Å²) in [7, 11) is 0. The average molecular weight is 1110 g/mol. The van der Waals surface area contributed by atoms with Gasteiger partial charge in [0.05, 0.1) is 25.4 Å². The second-order valence-corrected chi connectivity index (χ2v) is 25.3. The molecule has 0 bridgehead atoms. The van der Waals surface area contributed by atoms with Crippen LogP contribution in [-0.2, 0) is 14.3 Å². The fourth-order valence-corrected chi connectivity index (χ4v) is 11.8. The van der Waals surface area contributed by atoms with Crippen molar-refractivity contribution in [2.24, 2.45) is 0 Å². The Bertz CT molecular complexity index is 1190. The van der Waals surface area contributed by atoms with Gasteiger partial charge in [-0.2, -0.15) is 0 Å². The SMILES string of the molecule is CCCCCC/C=C\CCCCCCCC(=O)OCCCCCCCCCCCCCCCCCCCCCCCCCCCCCCCCCCC(=O)NC(CO)C(O)CCCCCCCCCCCCCCCCCCC. The molecule has 0 aliphatic carbocycles. The molecule has 0 aromatic heterocycles. The van der Waals surface area contributed by atoms with Crippen LogP contribution in [0.25, 0.3) is 0 Å². The molecule has 0 fully saturated rings. The molecule has 0 saturated carbocycles. The third kappa shape index (κ3) is 65.6. The fraction of sp³-hybridized carbons (Fsp3) is 0.945. The number of esters is 1. The number of carbonyl (C=O) groups excluding carboxylic acids is 2. The van der Waals surface area contributed by atoms with E-state index in [0.717, 1.165) is 44.9 Å². The molecule has 3 N–H and O–H groups in total. The van der Waals surface area contributed by atoms with Gasteiger partial charge in [0.2, 0.25) is 5.91 Å². The van der Waals surface area contributed by atoms with E-state index in [1.54, 1.807) is 0 Å². The Balaban J connectivity index is 3.32. The number of aliphatic hydroxyl groups is 2. The second-order valence-electron chi connectivity index (χ2n) is 25.3. The molecule has 6 heteroatoms. The van der Waals surface area contributed by atoms with Crippen molar-refractivity contribution in [3.63, 3.8) is 0 Å². The lowest BCUT2D eigenvalue weighted by Gasteiger charge is -2.22. The van der Waals surface area contributed by atoms with E-state index in [4.69, 9.17) is 4.74 Å². The van der Waals surface area contributed by atoms with E-state index < -0.39 is 12.1 Å². The van der Waals surface area contributed by atoms with Crippen molar-refractivity contribution in [2.75, 3.05) is 13.2 Å². The van der Waals surface area contributed by atoms with Gasteiger partial charge in [-0.25, -0.2) is 0 Å². The maximum Gasteiger partial charge on any atom is 0.305 e. The van der Waals surface area contributed by atoms with Crippen molar-refractivity contribution in [1.29, 1.82) is 0 Å². The first kappa shape index (κ1) is 77.6. The Kier molecular flexibility index (Phi) is 67.9. The number of aliphatic hydroxyl groups excluding tert-OH is 2. The third-order valence-corrected chi connectivity index (χ3v) is 17.3. The smallest absolute Gasteiger partial charge is 0.305 e. The van der Waals surface area contributed by atoms with Crippen LogP contribution >= 0.6 is 0 Å². The van der Waals surface area contributed by atoms with E-state index in [-0.39, 0.29) is 18.5 Å².